The third-order valence-corrected chi connectivity index (χ3v) is 2.63. The van der Waals surface area contributed by atoms with Gasteiger partial charge >= 0.3 is 5.97 Å². The molecule has 0 spiro atoms. The molecule has 0 saturated carbocycles. The van der Waals surface area contributed by atoms with E-state index < -0.39 is 5.97 Å². The summed E-state index contributed by atoms with van der Waals surface area (Å²) in [5, 5.41) is 8.74. The highest BCUT2D eigenvalue weighted by Crippen LogP contribution is 2.38. The Morgan fingerprint density at radius 3 is 3.00 bits per heavy atom. The van der Waals surface area contributed by atoms with Gasteiger partial charge in [-0.25, -0.2) is 0 Å². The molecular formula is C12H14O5. The molecule has 0 aromatic heterocycles. The number of aliphatic carboxylic acids is 1. The summed E-state index contributed by atoms with van der Waals surface area (Å²) in [6.07, 6.45) is 0.483. The van der Waals surface area contributed by atoms with Crippen LogP contribution in [-0.2, 0) is 22.6 Å². The number of carboxylic acids is 1. The first-order chi connectivity index (χ1) is 8.22. The lowest BCUT2D eigenvalue weighted by molar-refractivity contribution is -0.136. The van der Waals surface area contributed by atoms with Crippen LogP contribution >= 0.6 is 0 Å². The summed E-state index contributed by atoms with van der Waals surface area (Å²) < 4.78 is 15.7. The molecule has 17 heavy (non-hydrogen) atoms. The predicted octanol–water partition coefficient (Wildman–Crippen LogP) is 1.58. The molecule has 1 aromatic carbocycles. The Labute approximate surface area is 98.9 Å². The minimum Gasteiger partial charge on any atom is -0.481 e. The van der Waals surface area contributed by atoms with Gasteiger partial charge in [-0.15, -0.1) is 0 Å². The van der Waals surface area contributed by atoms with E-state index in [1.54, 1.807) is 7.11 Å². The van der Waals surface area contributed by atoms with Crippen LogP contribution in [0.3, 0.4) is 0 Å². The number of carbonyl (C=O) groups is 1. The van der Waals surface area contributed by atoms with Crippen molar-refractivity contribution in [2.45, 2.75) is 19.4 Å². The van der Waals surface area contributed by atoms with Crippen molar-refractivity contribution in [3.8, 4) is 11.5 Å². The summed E-state index contributed by atoms with van der Waals surface area (Å²) in [7, 11) is 1.60. The summed E-state index contributed by atoms with van der Waals surface area (Å²) in [6.45, 7) is 0.622. The van der Waals surface area contributed by atoms with Gasteiger partial charge in [-0.05, 0) is 18.1 Å². The van der Waals surface area contributed by atoms with Crippen LogP contribution in [0.2, 0.25) is 0 Å². The maximum atomic E-state index is 10.6. The normalized spacial score (nSPS) is 12.8. The molecule has 0 atom stereocenters. The third kappa shape index (κ3) is 2.50. The van der Waals surface area contributed by atoms with E-state index in [-0.39, 0.29) is 13.2 Å². The van der Waals surface area contributed by atoms with Crippen molar-refractivity contribution in [3.05, 3.63) is 23.3 Å². The summed E-state index contributed by atoms with van der Waals surface area (Å²) in [4.78, 5) is 10.6. The molecule has 0 unspecified atom stereocenters. The van der Waals surface area contributed by atoms with Crippen LogP contribution in [0.4, 0.5) is 0 Å². The number of rotatable bonds is 5. The van der Waals surface area contributed by atoms with Gasteiger partial charge in [0.1, 0.15) is 0 Å². The maximum Gasteiger partial charge on any atom is 0.303 e. The third-order valence-electron chi connectivity index (χ3n) is 2.63. The molecule has 5 nitrogen and oxygen atoms in total. The highest BCUT2D eigenvalue weighted by atomic mass is 16.7. The lowest BCUT2D eigenvalue weighted by Crippen LogP contribution is -2.03. The maximum absolute atomic E-state index is 10.6. The minimum absolute atomic E-state index is 0.0660. The fourth-order valence-corrected chi connectivity index (χ4v) is 1.87. The molecule has 0 amide bonds. The van der Waals surface area contributed by atoms with Gasteiger partial charge in [-0.3, -0.25) is 4.79 Å². The number of carboxylic acid groups (broad SMARTS) is 1. The Bertz CT molecular complexity index is 427. The zero-order chi connectivity index (χ0) is 12.3. The smallest absolute Gasteiger partial charge is 0.303 e. The van der Waals surface area contributed by atoms with E-state index in [2.05, 4.69) is 0 Å². The van der Waals surface area contributed by atoms with Gasteiger partial charge in [-0.1, -0.05) is 6.07 Å². The molecule has 92 valence electrons. The van der Waals surface area contributed by atoms with Crippen LogP contribution < -0.4 is 9.47 Å². The second-order valence-electron chi connectivity index (χ2n) is 3.76. The molecule has 2 rings (SSSR count). The molecule has 1 aromatic rings. The van der Waals surface area contributed by atoms with Crippen LogP contribution in [0.5, 0.6) is 11.5 Å². The van der Waals surface area contributed by atoms with Crippen molar-refractivity contribution in [2.24, 2.45) is 0 Å². The van der Waals surface area contributed by atoms with Crippen LogP contribution in [0.25, 0.3) is 0 Å². The Balaban J connectivity index is 2.30. The van der Waals surface area contributed by atoms with E-state index in [1.165, 1.54) is 0 Å². The van der Waals surface area contributed by atoms with Gasteiger partial charge < -0.3 is 19.3 Å². The lowest BCUT2D eigenvalue weighted by Gasteiger charge is -2.10. The van der Waals surface area contributed by atoms with Gasteiger partial charge in [0.25, 0.3) is 0 Å². The summed E-state index contributed by atoms with van der Waals surface area (Å²) >= 11 is 0. The molecule has 1 N–H and O–H groups in total. The first-order valence-electron chi connectivity index (χ1n) is 5.33. The molecular weight excluding hydrogens is 224 g/mol. The summed E-state index contributed by atoms with van der Waals surface area (Å²) in [5.74, 6) is 0.496. The first-order valence-corrected chi connectivity index (χ1v) is 5.33. The van der Waals surface area contributed by atoms with E-state index in [4.69, 9.17) is 19.3 Å². The Morgan fingerprint density at radius 1 is 1.47 bits per heavy atom. The van der Waals surface area contributed by atoms with Gasteiger partial charge in [0.2, 0.25) is 6.79 Å². The van der Waals surface area contributed by atoms with Crippen molar-refractivity contribution in [2.75, 3.05) is 13.9 Å². The van der Waals surface area contributed by atoms with Crippen LogP contribution in [-0.4, -0.2) is 25.0 Å². The number of hydrogen-bond donors (Lipinski definition) is 1. The SMILES string of the molecule is COCc1ccc2c(c1CCC(=O)O)OCO2. The predicted molar refractivity (Wildman–Crippen MR) is 59.2 cm³/mol. The second kappa shape index (κ2) is 5.05. The number of ether oxygens (including phenoxy) is 3. The number of hydrogen-bond acceptors (Lipinski definition) is 4. The average Bonchev–Trinajstić information content (AvgIpc) is 2.75. The first kappa shape index (κ1) is 11.7. The Morgan fingerprint density at radius 2 is 2.29 bits per heavy atom. The number of fused-ring (bicyclic) bond motifs is 1. The van der Waals surface area contributed by atoms with Crippen molar-refractivity contribution in [1.82, 2.24) is 0 Å². The van der Waals surface area contributed by atoms with E-state index in [0.29, 0.717) is 24.5 Å². The zero-order valence-corrected chi connectivity index (χ0v) is 9.56. The fourth-order valence-electron chi connectivity index (χ4n) is 1.87. The van der Waals surface area contributed by atoms with Crippen molar-refractivity contribution in [3.63, 3.8) is 0 Å². The van der Waals surface area contributed by atoms with Crippen molar-refractivity contribution >= 4 is 5.97 Å². The van der Waals surface area contributed by atoms with Crippen LogP contribution in [0.1, 0.15) is 17.5 Å². The number of methoxy groups -OCH3 is 1. The number of benzene rings is 1. The van der Waals surface area contributed by atoms with Gasteiger partial charge in [0, 0.05) is 19.1 Å². The Kier molecular flexibility index (Phi) is 3.49. The highest BCUT2D eigenvalue weighted by Gasteiger charge is 2.21. The van der Waals surface area contributed by atoms with E-state index in [9.17, 15) is 4.79 Å². The van der Waals surface area contributed by atoms with Gasteiger partial charge in [-0.2, -0.15) is 0 Å². The molecule has 1 heterocycles. The Hall–Kier alpha value is -1.75. The molecule has 0 bridgehead atoms. The molecule has 1 aliphatic rings. The van der Waals surface area contributed by atoms with Crippen molar-refractivity contribution in [1.29, 1.82) is 0 Å². The average molecular weight is 238 g/mol. The topological polar surface area (TPSA) is 65.0 Å². The summed E-state index contributed by atoms with van der Waals surface area (Å²) in [6, 6.07) is 3.70. The van der Waals surface area contributed by atoms with E-state index in [1.807, 2.05) is 12.1 Å². The minimum atomic E-state index is -0.829. The monoisotopic (exact) mass is 238 g/mol. The van der Waals surface area contributed by atoms with E-state index >= 15 is 0 Å². The quantitative estimate of drug-likeness (QED) is 0.843. The van der Waals surface area contributed by atoms with Gasteiger partial charge in [0.05, 0.1) is 6.61 Å². The molecule has 0 saturated heterocycles. The second-order valence-corrected chi connectivity index (χ2v) is 3.76. The highest BCUT2D eigenvalue weighted by molar-refractivity contribution is 5.67. The standard InChI is InChI=1S/C12H14O5/c1-15-6-8-2-4-10-12(17-7-16-10)9(8)3-5-11(13)14/h2,4H,3,5-7H2,1H3,(H,13,14). The molecule has 5 heteroatoms. The van der Waals surface area contributed by atoms with E-state index in [0.717, 1.165) is 11.1 Å². The van der Waals surface area contributed by atoms with Crippen LogP contribution in [0, 0.1) is 0 Å². The summed E-state index contributed by atoms with van der Waals surface area (Å²) in [5.41, 5.74) is 1.81. The lowest BCUT2D eigenvalue weighted by atomic mass is 10.0. The largest absolute Gasteiger partial charge is 0.481 e. The molecule has 0 fully saturated rings. The van der Waals surface area contributed by atoms with Crippen molar-refractivity contribution < 1.29 is 24.1 Å². The molecule has 1 aliphatic heterocycles. The fraction of sp³-hybridized carbons (Fsp3) is 0.417. The van der Waals surface area contributed by atoms with Gasteiger partial charge in [0.15, 0.2) is 11.5 Å². The molecule has 0 aliphatic carbocycles. The van der Waals surface area contributed by atoms with Crippen LogP contribution in [0.15, 0.2) is 12.1 Å². The zero-order valence-electron chi connectivity index (χ0n) is 9.56. The molecule has 0 radical (unpaired) electrons.